The Morgan fingerprint density at radius 2 is 1.88 bits per heavy atom. The molecule has 1 aliphatic heterocycles. The zero-order valence-corrected chi connectivity index (χ0v) is 16.4. The Balaban J connectivity index is 0.00000312. The van der Waals surface area contributed by atoms with E-state index >= 15 is 0 Å². The van der Waals surface area contributed by atoms with Crippen LogP contribution in [0, 0.1) is 5.92 Å². The van der Waals surface area contributed by atoms with Crippen molar-refractivity contribution in [1.82, 2.24) is 4.90 Å². The van der Waals surface area contributed by atoms with Gasteiger partial charge in [0.2, 0.25) is 0 Å². The minimum atomic E-state index is -4.69. The number of halogens is 4. The van der Waals surface area contributed by atoms with E-state index in [-0.39, 0.29) is 35.7 Å². The average Bonchev–Trinajstić information content (AvgIpc) is 2.50. The van der Waals surface area contributed by atoms with Gasteiger partial charge in [-0.2, -0.15) is 0 Å². The summed E-state index contributed by atoms with van der Waals surface area (Å²) in [6.07, 6.45) is -2.27. The van der Waals surface area contributed by atoms with E-state index in [0.29, 0.717) is 12.2 Å². The summed E-state index contributed by atoms with van der Waals surface area (Å²) in [5.74, 6) is 0.758. The van der Waals surface area contributed by atoms with Crippen molar-refractivity contribution < 1.29 is 17.9 Å². The minimum absolute atomic E-state index is 0. The topological polar surface area (TPSA) is 62.9 Å². The molecule has 5 nitrogen and oxygen atoms in total. The van der Waals surface area contributed by atoms with Gasteiger partial charge in [0.05, 0.1) is 6.54 Å². The first-order valence-corrected chi connectivity index (χ1v) is 7.97. The van der Waals surface area contributed by atoms with Crippen LogP contribution in [-0.4, -0.2) is 43.4 Å². The second kappa shape index (κ2) is 10.0. The van der Waals surface area contributed by atoms with Crippen molar-refractivity contribution >= 4 is 35.6 Å². The molecular weight excluding hydrogens is 448 g/mol. The highest BCUT2D eigenvalue weighted by Crippen LogP contribution is 2.23. The SMILES string of the molecule is CC1CCN(CCN=C(N)Nc2ccc(OC(F)(F)F)cc2)CC1.I. The normalized spacial score (nSPS) is 17.0. The summed E-state index contributed by atoms with van der Waals surface area (Å²) in [5, 5.41) is 2.85. The summed E-state index contributed by atoms with van der Waals surface area (Å²) in [4.78, 5) is 6.61. The van der Waals surface area contributed by atoms with Crippen LogP contribution in [0.2, 0.25) is 0 Å². The number of piperidine rings is 1. The molecule has 0 radical (unpaired) electrons. The third-order valence-corrected chi connectivity index (χ3v) is 3.93. The lowest BCUT2D eigenvalue weighted by atomic mass is 9.99. The van der Waals surface area contributed by atoms with E-state index in [1.165, 1.54) is 37.1 Å². The lowest BCUT2D eigenvalue weighted by Crippen LogP contribution is -2.35. The van der Waals surface area contributed by atoms with Crippen molar-refractivity contribution in [2.45, 2.75) is 26.1 Å². The fraction of sp³-hybridized carbons (Fsp3) is 0.562. The van der Waals surface area contributed by atoms with Crippen LogP contribution in [-0.2, 0) is 0 Å². The molecule has 0 amide bonds. The molecule has 1 fully saturated rings. The molecule has 1 aromatic carbocycles. The van der Waals surface area contributed by atoms with E-state index in [0.717, 1.165) is 25.6 Å². The molecule has 142 valence electrons. The number of nitrogens with two attached hydrogens (primary N) is 1. The highest BCUT2D eigenvalue weighted by atomic mass is 127. The maximum absolute atomic E-state index is 12.1. The summed E-state index contributed by atoms with van der Waals surface area (Å²) in [7, 11) is 0. The molecule has 0 saturated carbocycles. The van der Waals surface area contributed by atoms with Gasteiger partial charge >= 0.3 is 6.36 Å². The van der Waals surface area contributed by atoms with Gasteiger partial charge in [-0.05, 0) is 56.1 Å². The van der Waals surface area contributed by atoms with Gasteiger partial charge in [0.25, 0.3) is 0 Å². The number of hydrogen-bond donors (Lipinski definition) is 2. The zero-order chi connectivity index (χ0) is 17.6. The van der Waals surface area contributed by atoms with Crippen LogP contribution in [0.15, 0.2) is 29.3 Å². The van der Waals surface area contributed by atoms with E-state index < -0.39 is 6.36 Å². The number of alkyl halides is 3. The van der Waals surface area contributed by atoms with Crippen LogP contribution < -0.4 is 15.8 Å². The maximum Gasteiger partial charge on any atom is 0.573 e. The number of ether oxygens (including phenoxy) is 1. The zero-order valence-electron chi connectivity index (χ0n) is 14.1. The van der Waals surface area contributed by atoms with E-state index in [1.807, 2.05) is 0 Å². The van der Waals surface area contributed by atoms with Crippen molar-refractivity contribution in [2.75, 3.05) is 31.5 Å². The Hall–Kier alpha value is -1.23. The summed E-state index contributed by atoms with van der Waals surface area (Å²) in [6.45, 7) is 5.88. The molecule has 1 saturated heterocycles. The van der Waals surface area contributed by atoms with Gasteiger partial charge in [0, 0.05) is 12.2 Å². The van der Waals surface area contributed by atoms with Crippen molar-refractivity contribution in [1.29, 1.82) is 0 Å². The molecule has 2 rings (SSSR count). The van der Waals surface area contributed by atoms with Crippen molar-refractivity contribution in [3.8, 4) is 5.75 Å². The Bertz CT molecular complexity index is 543. The summed E-state index contributed by atoms with van der Waals surface area (Å²) in [6, 6.07) is 5.35. The molecule has 0 bridgehead atoms. The van der Waals surface area contributed by atoms with Crippen LogP contribution in [0.1, 0.15) is 19.8 Å². The van der Waals surface area contributed by atoms with Crippen LogP contribution in [0.5, 0.6) is 5.75 Å². The Kier molecular flexibility index (Phi) is 8.77. The summed E-state index contributed by atoms with van der Waals surface area (Å²) in [5.41, 5.74) is 6.35. The monoisotopic (exact) mass is 472 g/mol. The van der Waals surface area contributed by atoms with Gasteiger partial charge in [0.1, 0.15) is 5.75 Å². The number of aliphatic imine (C=N–C) groups is 1. The number of hydrogen-bond acceptors (Lipinski definition) is 3. The third-order valence-electron chi connectivity index (χ3n) is 3.93. The van der Waals surface area contributed by atoms with Crippen molar-refractivity contribution in [2.24, 2.45) is 16.6 Å². The largest absolute Gasteiger partial charge is 0.573 e. The van der Waals surface area contributed by atoms with Crippen LogP contribution in [0.25, 0.3) is 0 Å². The van der Waals surface area contributed by atoms with Gasteiger partial charge in [-0.25, -0.2) is 0 Å². The van der Waals surface area contributed by atoms with Gasteiger partial charge in [-0.15, -0.1) is 37.1 Å². The molecule has 0 aliphatic carbocycles. The van der Waals surface area contributed by atoms with E-state index in [2.05, 4.69) is 26.9 Å². The van der Waals surface area contributed by atoms with Crippen molar-refractivity contribution in [3.05, 3.63) is 24.3 Å². The number of rotatable bonds is 5. The number of nitrogens with one attached hydrogen (secondary N) is 1. The molecule has 0 spiro atoms. The first-order chi connectivity index (χ1) is 11.3. The molecule has 0 aromatic heterocycles. The van der Waals surface area contributed by atoms with Gasteiger partial charge < -0.3 is 20.7 Å². The molecule has 0 unspecified atom stereocenters. The second-order valence-electron chi connectivity index (χ2n) is 5.99. The fourth-order valence-corrected chi connectivity index (χ4v) is 2.52. The molecule has 1 heterocycles. The molecule has 1 aromatic rings. The number of anilines is 1. The smallest absolute Gasteiger partial charge is 0.406 e. The molecule has 3 N–H and O–H groups in total. The number of likely N-dealkylation sites (tertiary alicyclic amines) is 1. The molecule has 0 atom stereocenters. The van der Waals surface area contributed by atoms with Crippen LogP contribution in [0.4, 0.5) is 18.9 Å². The predicted octanol–water partition coefficient (Wildman–Crippen LogP) is 3.66. The number of guanidine groups is 1. The predicted molar refractivity (Wildman–Crippen MR) is 103 cm³/mol. The molecular formula is C16H24F3IN4O. The Labute approximate surface area is 162 Å². The highest BCUT2D eigenvalue weighted by molar-refractivity contribution is 14.0. The first kappa shape index (κ1) is 21.8. The average molecular weight is 472 g/mol. The van der Waals surface area contributed by atoms with E-state index in [1.54, 1.807) is 0 Å². The molecule has 1 aliphatic rings. The fourth-order valence-electron chi connectivity index (χ4n) is 2.52. The summed E-state index contributed by atoms with van der Waals surface area (Å²) < 4.78 is 40.1. The Morgan fingerprint density at radius 3 is 2.44 bits per heavy atom. The first-order valence-electron chi connectivity index (χ1n) is 7.97. The lowest BCUT2D eigenvalue weighted by Gasteiger charge is -2.29. The van der Waals surface area contributed by atoms with Gasteiger partial charge in [0.15, 0.2) is 5.96 Å². The Morgan fingerprint density at radius 1 is 1.28 bits per heavy atom. The highest BCUT2D eigenvalue weighted by Gasteiger charge is 2.30. The van der Waals surface area contributed by atoms with E-state index in [9.17, 15) is 13.2 Å². The second-order valence-corrected chi connectivity index (χ2v) is 5.99. The molecule has 25 heavy (non-hydrogen) atoms. The van der Waals surface area contributed by atoms with Crippen molar-refractivity contribution in [3.63, 3.8) is 0 Å². The number of benzene rings is 1. The van der Waals surface area contributed by atoms with Crippen LogP contribution in [0.3, 0.4) is 0 Å². The molecule has 9 heteroatoms. The maximum atomic E-state index is 12.1. The van der Waals surface area contributed by atoms with Crippen LogP contribution >= 0.6 is 24.0 Å². The summed E-state index contributed by atoms with van der Waals surface area (Å²) >= 11 is 0. The third kappa shape index (κ3) is 8.61. The lowest BCUT2D eigenvalue weighted by molar-refractivity contribution is -0.274. The quantitative estimate of drug-likeness (QED) is 0.390. The minimum Gasteiger partial charge on any atom is -0.406 e. The van der Waals surface area contributed by atoms with Gasteiger partial charge in [-0.3, -0.25) is 4.99 Å². The van der Waals surface area contributed by atoms with E-state index in [4.69, 9.17) is 5.73 Å². The standard InChI is InChI=1S/C16H23F3N4O.HI/c1-12-6-9-23(10-7-12)11-8-21-15(20)22-13-2-4-14(5-3-13)24-16(17,18)19;/h2-5,12H,6-11H2,1H3,(H3,20,21,22);1H. The number of nitrogens with zero attached hydrogens (tertiary/aromatic N) is 2. The van der Waals surface area contributed by atoms with Gasteiger partial charge in [-0.1, -0.05) is 6.92 Å².